The summed E-state index contributed by atoms with van der Waals surface area (Å²) in [5.74, 6) is 3.00. The van der Waals surface area contributed by atoms with Crippen LogP contribution < -0.4 is 20.1 Å². The third-order valence-electron chi connectivity index (χ3n) is 5.16. The molecule has 1 heterocycles. The number of guanidine groups is 1. The Morgan fingerprint density at radius 1 is 1.23 bits per heavy atom. The van der Waals surface area contributed by atoms with Gasteiger partial charge < -0.3 is 30.1 Å². The Hall–Kier alpha value is -1.26. The van der Waals surface area contributed by atoms with Crippen molar-refractivity contribution in [3.63, 3.8) is 0 Å². The Morgan fingerprint density at radius 2 is 2.00 bits per heavy atom. The molecule has 172 valence electrons. The second-order valence-corrected chi connectivity index (χ2v) is 7.56. The largest absolute Gasteiger partial charge is 0.493 e. The molecule has 1 aromatic carbocycles. The van der Waals surface area contributed by atoms with Crippen LogP contribution in [0.1, 0.15) is 38.7 Å². The first-order valence-electron chi connectivity index (χ1n) is 10.8. The molecule has 7 nitrogen and oxygen atoms in total. The van der Waals surface area contributed by atoms with Gasteiger partial charge in [0.1, 0.15) is 6.61 Å². The minimum absolute atomic E-state index is 0. The molecule has 0 amide bonds. The SMILES string of the molecule is CCNC(=NCc1ccc(OCCO)c(OC)c1)NCCCN1CCC(C)CC1.I. The normalized spacial score (nSPS) is 15.4. The highest BCUT2D eigenvalue weighted by Crippen LogP contribution is 2.28. The molecule has 1 aromatic rings. The third-order valence-corrected chi connectivity index (χ3v) is 5.16. The quantitative estimate of drug-likeness (QED) is 0.176. The molecular formula is C22H39IN4O3. The first kappa shape index (κ1) is 26.8. The molecule has 2 rings (SSSR count). The first-order valence-corrected chi connectivity index (χ1v) is 10.8. The van der Waals surface area contributed by atoms with E-state index in [4.69, 9.17) is 14.6 Å². The lowest BCUT2D eigenvalue weighted by Gasteiger charge is -2.30. The van der Waals surface area contributed by atoms with Gasteiger partial charge in [0.15, 0.2) is 17.5 Å². The molecule has 0 radical (unpaired) electrons. The smallest absolute Gasteiger partial charge is 0.191 e. The summed E-state index contributed by atoms with van der Waals surface area (Å²) < 4.78 is 10.9. The van der Waals surface area contributed by atoms with Crippen LogP contribution in [0.25, 0.3) is 0 Å². The predicted octanol–water partition coefficient (Wildman–Crippen LogP) is 2.86. The molecule has 1 fully saturated rings. The number of hydrogen-bond acceptors (Lipinski definition) is 5. The number of rotatable bonds is 11. The number of piperidine rings is 1. The van der Waals surface area contributed by atoms with Gasteiger partial charge in [-0.1, -0.05) is 13.0 Å². The number of aliphatic hydroxyl groups is 1. The number of likely N-dealkylation sites (tertiary alicyclic amines) is 1. The van der Waals surface area contributed by atoms with Gasteiger partial charge in [0, 0.05) is 13.1 Å². The molecule has 0 unspecified atom stereocenters. The Morgan fingerprint density at radius 3 is 2.67 bits per heavy atom. The molecule has 0 bridgehead atoms. The predicted molar refractivity (Wildman–Crippen MR) is 133 cm³/mol. The van der Waals surface area contributed by atoms with Gasteiger partial charge in [-0.3, -0.25) is 0 Å². The summed E-state index contributed by atoms with van der Waals surface area (Å²) in [6.45, 7) is 10.5. The highest BCUT2D eigenvalue weighted by atomic mass is 127. The zero-order valence-electron chi connectivity index (χ0n) is 18.7. The van der Waals surface area contributed by atoms with Crippen LogP contribution in [0.4, 0.5) is 0 Å². The fourth-order valence-electron chi connectivity index (χ4n) is 3.39. The van der Waals surface area contributed by atoms with E-state index in [1.54, 1.807) is 7.11 Å². The van der Waals surface area contributed by atoms with Crippen LogP contribution >= 0.6 is 24.0 Å². The van der Waals surface area contributed by atoms with Crippen molar-refractivity contribution in [3.05, 3.63) is 23.8 Å². The number of methoxy groups -OCH3 is 1. The van der Waals surface area contributed by atoms with E-state index < -0.39 is 0 Å². The van der Waals surface area contributed by atoms with Crippen LogP contribution in [0.2, 0.25) is 0 Å². The van der Waals surface area contributed by atoms with Crippen molar-refractivity contribution < 1.29 is 14.6 Å². The molecule has 3 N–H and O–H groups in total. The summed E-state index contributed by atoms with van der Waals surface area (Å²) in [6.07, 6.45) is 3.76. The summed E-state index contributed by atoms with van der Waals surface area (Å²) in [5.41, 5.74) is 1.04. The van der Waals surface area contributed by atoms with Crippen LogP contribution in [0.5, 0.6) is 11.5 Å². The van der Waals surface area contributed by atoms with E-state index >= 15 is 0 Å². The van der Waals surface area contributed by atoms with Gasteiger partial charge in [-0.05, 0) is 69.4 Å². The minimum atomic E-state index is -0.0240. The molecule has 0 saturated carbocycles. The molecule has 0 atom stereocenters. The van der Waals surface area contributed by atoms with Crippen LogP contribution in [0.15, 0.2) is 23.2 Å². The number of nitrogens with one attached hydrogen (secondary N) is 2. The molecular weight excluding hydrogens is 495 g/mol. The number of halogens is 1. The Kier molecular flexibility index (Phi) is 13.9. The second kappa shape index (κ2) is 15.5. The zero-order chi connectivity index (χ0) is 20.9. The maximum Gasteiger partial charge on any atom is 0.191 e. The van der Waals surface area contributed by atoms with Gasteiger partial charge in [0.05, 0.1) is 20.3 Å². The lowest BCUT2D eigenvalue weighted by Crippen LogP contribution is -2.39. The van der Waals surface area contributed by atoms with E-state index in [0.29, 0.717) is 18.0 Å². The van der Waals surface area contributed by atoms with Crippen LogP contribution in [-0.4, -0.2) is 69.0 Å². The van der Waals surface area contributed by atoms with Crippen molar-refractivity contribution in [1.29, 1.82) is 0 Å². The standard InChI is InChI=1S/C22H38N4O3.HI/c1-4-23-22(24-10-5-11-26-12-8-18(2)9-13-26)25-17-19-6-7-20(29-15-14-27)21(16-19)28-3;/h6-7,16,18,27H,4-5,8-15,17H2,1-3H3,(H2,23,24,25);1H. The van der Waals surface area contributed by atoms with Crippen LogP contribution in [0, 0.1) is 5.92 Å². The van der Waals surface area contributed by atoms with Gasteiger partial charge in [0.25, 0.3) is 0 Å². The summed E-state index contributed by atoms with van der Waals surface area (Å²) in [7, 11) is 1.61. The Labute approximate surface area is 198 Å². The number of benzene rings is 1. The van der Waals surface area contributed by atoms with E-state index in [1.165, 1.54) is 25.9 Å². The second-order valence-electron chi connectivity index (χ2n) is 7.56. The summed E-state index contributed by atoms with van der Waals surface area (Å²) >= 11 is 0. The van der Waals surface area contributed by atoms with Gasteiger partial charge in [-0.25, -0.2) is 4.99 Å². The Bertz CT molecular complexity index is 622. The Balaban J connectivity index is 0.00000450. The molecule has 1 saturated heterocycles. The lowest BCUT2D eigenvalue weighted by molar-refractivity contribution is 0.191. The molecule has 0 spiro atoms. The average molecular weight is 534 g/mol. The molecule has 1 aliphatic rings. The lowest BCUT2D eigenvalue weighted by atomic mass is 9.99. The molecule has 30 heavy (non-hydrogen) atoms. The van der Waals surface area contributed by atoms with Crippen LogP contribution in [-0.2, 0) is 6.54 Å². The average Bonchev–Trinajstić information content (AvgIpc) is 2.74. The number of aliphatic imine (C=N–C) groups is 1. The summed E-state index contributed by atoms with van der Waals surface area (Å²) in [6, 6.07) is 5.76. The van der Waals surface area contributed by atoms with Gasteiger partial charge in [0.2, 0.25) is 0 Å². The van der Waals surface area contributed by atoms with Crippen LogP contribution in [0.3, 0.4) is 0 Å². The van der Waals surface area contributed by atoms with E-state index in [2.05, 4.69) is 34.4 Å². The van der Waals surface area contributed by atoms with E-state index in [0.717, 1.165) is 43.5 Å². The minimum Gasteiger partial charge on any atom is -0.493 e. The highest BCUT2D eigenvalue weighted by molar-refractivity contribution is 14.0. The van der Waals surface area contributed by atoms with E-state index in [1.807, 2.05) is 18.2 Å². The van der Waals surface area contributed by atoms with Crippen molar-refractivity contribution in [2.75, 3.05) is 53.0 Å². The van der Waals surface area contributed by atoms with Crippen molar-refractivity contribution in [2.45, 2.75) is 39.7 Å². The number of ether oxygens (including phenoxy) is 2. The fraction of sp³-hybridized carbons (Fsp3) is 0.682. The molecule has 0 aliphatic carbocycles. The topological polar surface area (TPSA) is 78.4 Å². The molecule has 0 aromatic heterocycles. The third kappa shape index (κ3) is 9.70. The maximum atomic E-state index is 8.91. The fourth-order valence-corrected chi connectivity index (χ4v) is 3.39. The van der Waals surface area contributed by atoms with Crippen molar-refractivity contribution in [2.24, 2.45) is 10.9 Å². The van der Waals surface area contributed by atoms with Gasteiger partial charge in [-0.2, -0.15) is 0 Å². The summed E-state index contributed by atoms with van der Waals surface area (Å²) in [5, 5.41) is 15.7. The van der Waals surface area contributed by atoms with E-state index in [-0.39, 0.29) is 37.2 Å². The van der Waals surface area contributed by atoms with Crippen molar-refractivity contribution in [1.82, 2.24) is 15.5 Å². The van der Waals surface area contributed by atoms with E-state index in [9.17, 15) is 0 Å². The number of hydrogen-bond donors (Lipinski definition) is 3. The number of nitrogens with zero attached hydrogens (tertiary/aromatic N) is 2. The highest BCUT2D eigenvalue weighted by Gasteiger charge is 2.14. The molecule has 8 heteroatoms. The zero-order valence-corrected chi connectivity index (χ0v) is 21.0. The molecule has 1 aliphatic heterocycles. The van der Waals surface area contributed by atoms with Gasteiger partial charge in [-0.15, -0.1) is 24.0 Å². The maximum absolute atomic E-state index is 8.91. The number of aliphatic hydroxyl groups excluding tert-OH is 1. The van der Waals surface area contributed by atoms with Crippen molar-refractivity contribution in [3.8, 4) is 11.5 Å². The summed E-state index contributed by atoms with van der Waals surface area (Å²) in [4.78, 5) is 7.26. The van der Waals surface area contributed by atoms with Gasteiger partial charge >= 0.3 is 0 Å². The first-order chi connectivity index (χ1) is 14.2. The monoisotopic (exact) mass is 534 g/mol. The van der Waals surface area contributed by atoms with Crippen molar-refractivity contribution >= 4 is 29.9 Å².